The lowest BCUT2D eigenvalue weighted by Gasteiger charge is -2.56. The smallest absolute Gasteiger partial charge is 0.138 e. The summed E-state index contributed by atoms with van der Waals surface area (Å²) in [4.78, 5) is 12.6. The van der Waals surface area contributed by atoms with Gasteiger partial charge in [0.1, 0.15) is 5.78 Å². The van der Waals surface area contributed by atoms with Crippen molar-refractivity contribution in [1.29, 1.82) is 0 Å². The molecule has 2 saturated carbocycles. The summed E-state index contributed by atoms with van der Waals surface area (Å²) in [5, 5.41) is 0. The Balaban J connectivity index is 1.70. The summed E-state index contributed by atoms with van der Waals surface area (Å²) in [6, 6.07) is 10.2. The molecule has 2 fully saturated rings. The van der Waals surface area contributed by atoms with Gasteiger partial charge in [0.25, 0.3) is 0 Å². The van der Waals surface area contributed by atoms with Crippen LogP contribution in [0.5, 0.6) is 0 Å². The third-order valence-electron chi connectivity index (χ3n) is 6.54. The molecule has 0 saturated heterocycles. The number of ether oxygens (including phenoxy) is 1. The molecule has 126 valence electrons. The number of carbonyl (C=O) groups excluding carboxylic acids is 1. The second-order valence-corrected chi connectivity index (χ2v) is 8.46. The van der Waals surface area contributed by atoms with Crippen LogP contribution in [0.2, 0.25) is 0 Å². The van der Waals surface area contributed by atoms with Gasteiger partial charge in [0.15, 0.2) is 0 Å². The number of hydrogen-bond acceptors (Lipinski definition) is 2. The normalized spacial score (nSPS) is 33.3. The van der Waals surface area contributed by atoms with Crippen molar-refractivity contribution in [2.24, 2.45) is 22.7 Å². The summed E-state index contributed by atoms with van der Waals surface area (Å²) in [6.07, 6.45) is 5.51. The van der Waals surface area contributed by atoms with E-state index < -0.39 is 0 Å². The van der Waals surface area contributed by atoms with E-state index in [4.69, 9.17) is 4.74 Å². The van der Waals surface area contributed by atoms with E-state index in [0.717, 1.165) is 12.8 Å². The lowest BCUT2D eigenvalue weighted by molar-refractivity contribution is -0.149. The first kappa shape index (κ1) is 16.7. The van der Waals surface area contributed by atoms with Crippen LogP contribution < -0.4 is 0 Å². The predicted molar refractivity (Wildman–Crippen MR) is 93.1 cm³/mol. The molecule has 0 spiro atoms. The summed E-state index contributed by atoms with van der Waals surface area (Å²) < 4.78 is 5.99. The topological polar surface area (TPSA) is 26.3 Å². The molecule has 0 N–H and O–H groups in total. The van der Waals surface area contributed by atoms with Gasteiger partial charge in [-0.15, -0.1) is 0 Å². The Labute approximate surface area is 140 Å². The van der Waals surface area contributed by atoms with Crippen molar-refractivity contribution in [3.8, 4) is 0 Å². The van der Waals surface area contributed by atoms with Gasteiger partial charge >= 0.3 is 0 Å². The van der Waals surface area contributed by atoms with Gasteiger partial charge in [-0.2, -0.15) is 0 Å². The van der Waals surface area contributed by atoms with Crippen molar-refractivity contribution >= 4 is 5.78 Å². The minimum absolute atomic E-state index is 0.0736. The summed E-state index contributed by atoms with van der Waals surface area (Å²) in [5.41, 5.74) is 1.65. The molecular weight excluding hydrogens is 284 g/mol. The highest BCUT2D eigenvalue weighted by Crippen LogP contribution is 2.58. The van der Waals surface area contributed by atoms with E-state index in [-0.39, 0.29) is 11.3 Å². The summed E-state index contributed by atoms with van der Waals surface area (Å²) in [7, 11) is 0. The average molecular weight is 314 g/mol. The molecule has 2 heteroatoms. The molecule has 0 aromatic heterocycles. The van der Waals surface area contributed by atoms with Gasteiger partial charge in [0.2, 0.25) is 0 Å². The van der Waals surface area contributed by atoms with Crippen LogP contribution in [0.3, 0.4) is 0 Å². The molecule has 2 nitrogen and oxygen atoms in total. The molecule has 0 amide bonds. The van der Waals surface area contributed by atoms with E-state index >= 15 is 0 Å². The maximum absolute atomic E-state index is 12.6. The monoisotopic (exact) mass is 314 g/mol. The fraction of sp³-hybridized carbons (Fsp3) is 0.667. The Morgan fingerprint density at radius 3 is 2.61 bits per heavy atom. The quantitative estimate of drug-likeness (QED) is 0.780. The molecule has 1 aromatic carbocycles. The Hall–Kier alpha value is -1.15. The van der Waals surface area contributed by atoms with Crippen molar-refractivity contribution in [2.45, 2.75) is 59.5 Å². The van der Waals surface area contributed by atoms with Crippen LogP contribution in [0.4, 0.5) is 0 Å². The third-order valence-corrected chi connectivity index (χ3v) is 6.54. The van der Waals surface area contributed by atoms with Crippen LogP contribution in [-0.2, 0) is 16.1 Å². The van der Waals surface area contributed by atoms with E-state index in [1.807, 2.05) is 18.2 Å². The number of rotatable bonds is 4. The SMILES string of the molecule is CC1(C)CCC[C@]2(C)C(COCc3ccccc3)C(=O)CC[C@@H]12. The van der Waals surface area contributed by atoms with Crippen LogP contribution in [0.25, 0.3) is 0 Å². The molecule has 3 rings (SSSR count). The Morgan fingerprint density at radius 1 is 1.13 bits per heavy atom. The lowest BCUT2D eigenvalue weighted by atomic mass is 9.48. The Morgan fingerprint density at radius 2 is 1.87 bits per heavy atom. The van der Waals surface area contributed by atoms with Gasteiger partial charge in [-0.05, 0) is 41.6 Å². The Bertz CT molecular complexity index is 548. The maximum Gasteiger partial charge on any atom is 0.138 e. The van der Waals surface area contributed by atoms with Gasteiger partial charge in [-0.25, -0.2) is 0 Å². The third kappa shape index (κ3) is 3.24. The van der Waals surface area contributed by atoms with Gasteiger partial charge in [0, 0.05) is 12.3 Å². The van der Waals surface area contributed by atoms with E-state index in [1.165, 1.54) is 24.8 Å². The van der Waals surface area contributed by atoms with Crippen molar-refractivity contribution in [2.75, 3.05) is 6.61 Å². The largest absolute Gasteiger partial charge is 0.376 e. The van der Waals surface area contributed by atoms with E-state index in [2.05, 4.69) is 32.9 Å². The maximum atomic E-state index is 12.6. The fourth-order valence-electron chi connectivity index (χ4n) is 5.28. The Kier molecular flexibility index (Phi) is 4.64. The van der Waals surface area contributed by atoms with Gasteiger partial charge < -0.3 is 4.74 Å². The van der Waals surface area contributed by atoms with Gasteiger partial charge in [-0.1, -0.05) is 57.5 Å². The molecule has 0 bridgehead atoms. The van der Waals surface area contributed by atoms with Crippen LogP contribution in [0, 0.1) is 22.7 Å². The first-order chi connectivity index (χ1) is 10.9. The summed E-state index contributed by atoms with van der Waals surface area (Å²) in [6.45, 7) is 8.33. The average Bonchev–Trinajstić information content (AvgIpc) is 2.50. The summed E-state index contributed by atoms with van der Waals surface area (Å²) >= 11 is 0. The fourth-order valence-corrected chi connectivity index (χ4v) is 5.28. The zero-order chi connectivity index (χ0) is 16.5. The highest BCUT2D eigenvalue weighted by atomic mass is 16.5. The lowest BCUT2D eigenvalue weighted by Crippen LogP contribution is -2.53. The number of fused-ring (bicyclic) bond motifs is 1. The number of benzene rings is 1. The highest BCUT2D eigenvalue weighted by Gasteiger charge is 2.54. The number of hydrogen-bond donors (Lipinski definition) is 0. The van der Waals surface area contributed by atoms with E-state index in [0.29, 0.717) is 30.3 Å². The second kappa shape index (κ2) is 6.39. The zero-order valence-corrected chi connectivity index (χ0v) is 14.8. The highest BCUT2D eigenvalue weighted by molar-refractivity contribution is 5.83. The molecule has 23 heavy (non-hydrogen) atoms. The van der Waals surface area contributed by atoms with E-state index in [9.17, 15) is 4.79 Å². The molecule has 0 radical (unpaired) electrons. The molecule has 3 atom stereocenters. The molecule has 2 aliphatic carbocycles. The number of carbonyl (C=O) groups is 1. The van der Waals surface area contributed by atoms with Gasteiger partial charge in [-0.3, -0.25) is 4.79 Å². The molecule has 0 aliphatic heterocycles. The number of Topliss-reactive ketones (excluding diaryl/α,β-unsaturated/α-hetero) is 1. The summed E-state index contributed by atoms with van der Waals surface area (Å²) in [5.74, 6) is 1.14. The van der Waals surface area contributed by atoms with Crippen molar-refractivity contribution < 1.29 is 9.53 Å². The van der Waals surface area contributed by atoms with Crippen LogP contribution in [0.1, 0.15) is 58.4 Å². The van der Waals surface area contributed by atoms with Crippen molar-refractivity contribution in [3.05, 3.63) is 35.9 Å². The zero-order valence-electron chi connectivity index (χ0n) is 14.8. The first-order valence-corrected chi connectivity index (χ1v) is 9.08. The van der Waals surface area contributed by atoms with E-state index in [1.54, 1.807) is 0 Å². The standard InChI is InChI=1S/C21H30O2/c1-20(2)12-7-13-21(3)17(18(22)10-11-19(20)21)15-23-14-16-8-5-4-6-9-16/h4-6,8-9,17,19H,7,10-15H2,1-3H3/t17?,19-,21+/m0/s1. The molecule has 1 aromatic rings. The molecule has 0 heterocycles. The minimum atomic E-state index is 0.0736. The number of ketones is 1. The molecule has 2 aliphatic rings. The van der Waals surface area contributed by atoms with Crippen LogP contribution in [0.15, 0.2) is 30.3 Å². The van der Waals surface area contributed by atoms with Crippen LogP contribution >= 0.6 is 0 Å². The minimum Gasteiger partial charge on any atom is -0.376 e. The predicted octanol–water partition coefficient (Wildman–Crippen LogP) is 5.01. The van der Waals surface area contributed by atoms with Crippen molar-refractivity contribution in [3.63, 3.8) is 0 Å². The second-order valence-electron chi connectivity index (χ2n) is 8.46. The first-order valence-electron chi connectivity index (χ1n) is 9.08. The van der Waals surface area contributed by atoms with Crippen molar-refractivity contribution in [1.82, 2.24) is 0 Å². The molecular formula is C21H30O2. The van der Waals surface area contributed by atoms with Gasteiger partial charge in [0.05, 0.1) is 13.2 Å². The van der Waals surface area contributed by atoms with Crippen LogP contribution in [-0.4, -0.2) is 12.4 Å². The molecule has 1 unspecified atom stereocenters.